The van der Waals surface area contributed by atoms with Gasteiger partial charge in [0.1, 0.15) is 0 Å². The van der Waals surface area contributed by atoms with Crippen LogP contribution in [0.2, 0.25) is 0 Å². The number of hydrogen-bond donors (Lipinski definition) is 1. The minimum absolute atomic E-state index is 0.400. The van der Waals surface area contributed by atoms with Gasteiger partial charge in [0, 0.05) is 6.61 Å². The maximum atomic E-state index is 9.01. The van der Waals surface area contributed by atoms with Crippen molar-refractivity contribution in [2.24, 2.45) is 23.7 Å². The molecule has 2 rings (SSSR count). The predicted octanol–water partition coefficient (Wildman–Crippen LogP) is 4.78. The lowest BCUT2D eigenvalue weighted by molar-refractivity contribution is 0.132. The molecule has 0 aliphatic heterocycles. The van der Waals surface area contributed by atoms with E-state index >= 15 is 0 Å². The third kappa shape index (κ3) is 3.98. The van der Waals surface area contributed by atoms with Gasteiger partial charge in [0.25, 0.3) is 0 Å². The first kappa shape index (κ1) is 14.4. The highest BCUT2D eigenvalue weighted by molar-refractivity contribution is 4.81. The summed E-state index contributed by atoms with van der Waals surface area (Å²) in [6.45, 7) is 2.73. The average Bonchev–Trinajstić information content (AvgIpc) is 2.41. The lowest BCUT2D eigenvalue weighted by Gasteiger charge is -2.37. The average molecular weight is 252 g/mol. The molecule has 0 atom stereocenters. The van der Waals surface area contributed by atoms with Crippen LogP contribution in [-0.4, -0.2) is 11.7 Å². The Bertz CT molecular complexity index is 186. The van der Waals surface area contributed by atoms with Crippen LogP contribution < -0.4 is 0 Å². The first-order valence-corrected chi connectivity index (χ1v) is 8.44. The van der Waals surface area contributed by atoms with Gasteiger partial charge >= 0.3 is 0 Å². The first-order chi connectivity index (χ1) is 8.83. The Balaban J connectivity index is 1.68. The SMILES string of the molecule is CCC[C@H]1CC[C@H]([C@H]2CC[C@H](CCO)CC2)CC1. The molecule has 0 unspecified atom stereocenters. The van der Waals surface area contributed by atoms with Gasteiger partial charge in [-0.25, -0.2) is 0 Å². The van der Waals surface area contributed by atoms with Crippen LogP contribution in [-0.2, 0) is 0 Å². The summed E-state index contributed by atoms with van der Waals surface area (Å²) in [6, 6.07) is 0. The van der Waals surface area contributed by atoms with E-state index in [9.17, 15) is 0 Å². The fourth-order valence-corrected chi connectivity index (χ4v) is 4.49. The molecule has 0 radical (unpaired) electrons. The maximum Gasteiger partial charge on any atom is 0.0433 e. The minimum atomic E-state index is 0.400. The Kier molecular flexibility index (Phi) is 6.01. The molecule has 0 spiro atoms. The van der Waals surface area contributed by atoms with Gasteiger partial charge in [0.2, 0.25) is 0 Å². The van der Waals surface area contributed by atoms with Gasteiger partial charge in [0.15, 0.2) is 0 Å². The highest BCUT2D eigenvalue weighted by Gasteiger charge is 2.30. The molecule has 0 heterocycles. The van der Waals surface area contributed by atoms with Crippen molar-refractivity contribution in [2.45, 2.75) is 77.6 Å². The summed E-state index contributed by atoms with van der Waals surface area (Å²) in [6.07, 6.45) is 15.6. The van der Waals surface area contributed by atoms with Crippen molar-refractivity contribution in [2.75, 3.05) is 6.61 Å². The Hall–Kier alpha value is -0.0400. The maximum absolute atomic E-state index is 9.01. The van der Waals surface area contributed by atoms with E-state index in [1.165, 1.54) is 64.2 Å². The molecule has 0 aromatic heterocycles. The molecule has 1 nitrogen and oxygen atoms in total. The van der Waals surface area contributed by atoms with E-state index in [2.05, 4.69) is 6.92 Å². The second kappa shape index (κ2) is 7.53. The van der Waals surface area contributed by atoms with E-state index < -0.39 is 0 Å². The molecule has 106 valence electrons. The fraction of sp³-hybridized carbons (Fsp3) is 1.00. The summed E-state index contributed by atoms with van der Waals surface area (Å²) < 4.78 is 0. The monoisotopic (exact) mass is 252 g/mol. The fourth-order valence-electron chi connectivity index (χ4n) is 4.49. The smallest absolute Gasteiger partial charge is 0.0433 e. The topological polar surface area (TPSA) is 20.2 Å². The van der Waals surface area contributed by atoms with E-state index in [4.69, 9.17) is 5.11 Å². The zero-order valence-electron chi connectivity index (χ0n) is 12.2. The Labute approximate surface area is 113 Å². The van der Waals surface area contributed by atoms with Crippen LogP contribution in [0.15, 0.2) is 0 Å². The van der Waals surface area contributed by atoms with Crippen LogP contribution in [0.1, 0.15) is 77.6 Å². The molecular formula is C17H32O. The zero-order valence-corrected chi connectivity index (χ0v) is 12.2. The van der Waals surface area contributed by atoms with Gasteiger partial charge in [0.05, 0.1) is 0 Å². The van der Waals surface area contributed by atoms with Crippen LogP contribution in [0, 0.1) is 23.7 Å². The molecule has 2 aliphatic rings. The first-order valence-electron chi connectivity index (χ1n) is 8.44. The van der Waals surface area contributed by atoms with E-state index in [-0.39, 0.29) is 0 Å². The van der Waals surface area contributed by atoms with E-state index in [0.29, 0.717) is 6.61 Å². The van der Waals surface area contributed by atoms with Crippen LogP contribution in [0.5, 0.6) is 0 Å². The summed E-state index contributed by atoms with van der Waals surface area (Å²) in [4.78, 5) is 0. The molecule has 0 bridgehead atoms. The molecule has 1 heteroatoms. The Morgan fingerprint density at radius 2 is 1.17 bits per heavy atom. The molecule has 2 fully saturated rings. The highest BCUT2D eigenvalue weighted by atomic mass is 16.3. The largest absolute Gasteiger partial charge is 0.396 e. The van der Waals surface area contributed by atoms with Gasteiger partial charge in [-0.15, -0.1) is 0 Å². The van der Waals surface area contributed by atoms with Crippen molar-refractivity contribution < 1.29 is 5.11 Å². The third-order valence-corrected chi connectivity index (χ3v) is 5.68. The standard InChI is InChI=1S/C17H32O/c1-2-3-14-4-8-16(9-5-14)17-10-6-15(7-11-17)12-13-18/h14-18H,2-13H2,1H3/t14-,15-,16-,17-. The Morgan fingerprint density at radius 3 is 1.56 bits per heavy atom. The summed E-state index contributed by atoms with van der Waals surface area (Å²) in [7, 11) is 0. The second-order valence-corrected chi connectivity index (χ2v) is 6.86. The molecule has 0 aromatic carbocycles. The molecule has 0 aromatic rings. The highest BCUT2D eigenvalue weighted by Crippen LogP contribution is 2.42. The quantitative estimate of drug-likeness (QED) is 0.746. The molecule has 18 heavy (non-hydrogen) atoms. The lowest BCUT2D eigenvalue weighted by atomic mass is 9.68. The van der Waals surface area contributed by atoms with Crippen molar-refractivity contribution >= 4 is 0 Å². The molecule has 2 saturated carbocycles. The summed E-state index contributed by atoms with van der Waals surface area (Å²) in [5.74, 6) is 3.97. The van der Waals surface area contributed by atoms with Crippen molar-refractivity contribution in [3.8, 4) is 0 Å². The molecule has 0 amide bonds. The number of aliphatic hydroxyl groups excluding tert-OH is 1. The number of aliphatic hydroxyl groups is 1. The number of rotatable bonds is 5. The van der Waals surface area contributed by atoms with Gasteiger partial charge in [-0.1, -0.05) is 45.4 Å². The summed E-state index contributed by atoms with van der Waals surface area (Å²) >= 11 is 0. The van der Waals surface area contributed by atoms with E-state index in [1.54, 1.807) is 0 Å². The molecule has 2 aliphatic carbocycles. The number of hydrogen-bond acceptors (Lipinski definition) is 1. The summed E-state index contributed by atoms with van der Waals surface area (Å²) in [5.41, 5.74) is 0. The van der Waals surface area contributed by atoms with Crippen molar-refractivity contribution in [1.82, 2.24) is 0 Å². The van der Waals surface area contributed by atoms with Crippen LogP contribution >= 0.6 is 0 Å². The van der Waals surface area contributed by atoms with Gasteiger partial charge in [-0.2, -0.15) is 0 Å². The van der Waals surface area contributed by atoms with Gasteiger partial charge in [-0.3, -0.25) is 0 Å². The van der Waals surface area contributed by atoms with Gasteiger partial charge < -0.3 is 5.11 Å². The van der Waals surface area contributed by atoms with Crippen molar-refractivity contribution in [3.63, 3.8) is 0 Å². The summed E-state index contributed by atoms with van der Waals surface area (Å²) in [5, 5.41) is 9.01. The second-order valence-electron chi connectivity index (χ2n) is 6.86. The minimum Gasteiger partial charge on any atom is -0.396 e. The van der Waals surface area contributed by atoms with Crippen LogP contribution in [0.25, 0.3) is 0 Å². The van der Waals surface area contributed by atoms with Crippen molar-refractivity contribution in [1.29, 1.82) is 0 Å². The van der Waals surface area contributed by atoms with Crippen LogP contribution in [0.4, 0.5) is 0 Å². The predicted molar refractivity (Wildman–Crippen MR) is 77.5 cm³/mol. The normalized spacial score (nSPS) is 37.7. The van der Waals surface area contributed by atoms with Gasteiger partial charge in [-0.05, 0) is 55.8 Å². The molecule has 1 N–H and O–H groups in total. The third-order valence-electron chi connectivity index (χ3n) is 5.68. The van der Waals surface area contributed by atoms with E-state index in [0.717, 1.165) is 30.1 Å². The van der Waals surface area contributed by atoms with E-state index in [1.807, 2.05) is 0 Å². The zero-order chi connectivity index (χ0) is 12.8. The van der Waals surface area contributed by atoms with Crippen LogP contribution in [0.3, 0.4) is 0 Å². The Morgan fingerprint density at radius 1 is 0.722 bits per heavy atom. The molecular weight excluding hydrogens is 220 g/mol. The molecule has 0 saturated heterocycles. The van der Waals surface area contributed by atoms with Crippen molar-refractivity contribution in [3.05, 3.63) is 0 Å². The lowest BCUT2D eigenvalue weighted by Crippen LogP contribution is -2.26.